The van der Waals surface area contributed by atoms with E-state index in [4.69, 9.17) is 11.0 Å². The number of benzene rings is 2. The molecule has 0 radical (unpaired) electrons. The number of hydrogen-bond donors (Lipinski definition) is 3. The highest BCUT2D eigenvalue weighted by Gasteiger charge is 2.01. The fourth-order valence-corrected chi connectivity index (χ4v) is 2.25. The minimum Gasteiger partial charge on any atom is -0.722 e. The van der Waals surface area contributed by atoms with E-state index in [1.54, 1.807) is 0 Å². The van der Waals surface area contributed by atoms with Crippen molar-refractivity contribution in [2.45, 2.75) is 0 Å². The van der Waals surface area contributed by atoms with Crippen molar-refractivity contribution in [1.82, 2.24) is 25.3 Å². The summed E-state index contributed by atoms with van der Waals surface area (Å²) in [5.74, 6) is 0.561. The molecular formula is C17H24N7O2-. The lowest BCUT2D eigenvalue weighted by Crippen LogP contribution is -2.12. The van der Waals surface area contributed by atoms with Gasteiger partial charge >= 0.3 is 0 Å². The molecular weight excluding hydrogens is 334 g/mol. The van der Waals surface area contributed by atoms with E-state index in [2.05, 4.69) is 26.7 Å². The van der Waals surface area contributed by atoms with Gasteiger partial charge in [-0.3, -0.25) is 0 Å². The molecule has 0 saturated heterocycles. The molecule has 0 fully saturated rings. The maximum Gasteiger partial charge on any atom is 0.200 e. The minimum atomic E-state index is -0.236. The first kappa shape index (κ1) is 21.1. The van der Waals surface area contributed by atoms with Gasteiger partial charge in [0, 0.05) is 14.1 Å². The molecule has 2 heterocycles. The molecule has 4 aromatic rings. The minimum absolute atomic E-state index is 0. The van der Waals surface area contributed by atoms with Gasteiger partial charge in [-0.15, -0.1) is 0 Å². The Labute approximate surface area is 151 Å². The van der Waals surface area contributed by atoms with Crippen LogP contribution in [0.5, 0.6) is 0 Å². The molecule has 26 heavy (non-hydrogen) atoms. The topological polar surface area (TPSA) is 155 Å². The van der Waals surface area contributed by atoms with E-state index in [-0.39, 0.29) is 12.9 Å². The van der Waals surface area contributed by atoms with Crippen LogP contribution in [0.25, 0.3) is 22.1 Å². The number of aromatic nitrogens is 4. The standard InChI is InChI=1S/C8H9N3.C8H8N2.CH5NO2.H3N/c1-11-7-5-3-2-4-6(7)10-8(11)9;1-10-6-9-7-4-2-3-5-8(7)10;2-1-4-3;/h2-5H,1H3,(H2,9,10);2-6H,1H3;3H,1-2H2;1H3/p-1. The van der Waals surface area contributed by atoms with Crippen LogP contribution in [0, 0.1) is 0 Å². The van der Waals surface area contributed by atoms with Crippen LogP contribution >= 0.6 is 0 Å². The molecule has 0 atom stereocenters. The van der Waals surface area contributed by atoms with E-state index in [0.717, 1.165) is 16.6 Å². The van der Waals surface area contributed by atoms with Crippen molar-refractivity contribution in [3.63, 3.8) is 0 Å². The third-order valence-corrected chi connectivity index (χ3v) is 3.52. The Balaban J connectivity index is 0.000000211. The molecule has 7 N–H and O–H groups in total. The van der Waals surface area contributed by atoms with Crippen LogP contribution in [-0.4, -0.2) is 25.8 Å². The van der Waals surface area contributed by atoms with Crippen LogP contribution in [-0.2, 0) is 19.0 Å². The van der Waals surface area contributed by atoms with Gasteiger partial charge in [0.2, 0.25) is 5.95 Å². The lowest BCUT2D eigenvalue weighted by molar-refractivity contribution is -0.689. The van der Waals surface area contributed by atoms with Crippen molar-refractivity contribution < 1.29 is 10.1 Å². The molecule has 0 aliphatic carbocycles. The van der Waals surface area contributed by atoms with Crippen molar-refractivity contribution >= 4 is 28.0 Å². The number of imidazole rings is 2. The first-order valence-corrected chi connectivity index (χ1v) is 7.56. The number of aryl methyl sites for hydroxylation is 2. The van der Waals surface area contributed by atoms with Gasteiger partial charge in [-0.1, -0.05) is 24.3 Å². The van der Waals surface area contributed by atoms with E-state index in [1.165, 1.54) is 5.52 Å². The van der Waals surface area contributed by atoms with Crippen molar-refractivity contribution in [2.75, 3.05) is 12.5 Å². The zero-order valence-electron chi connectivity index (χ0n) is 14.9. The van der Waals surface area contributed by atoms with Gasteiger partial charge in [0.25, 0.3) is 0 Å². The number of hydrogen-bond acceptors (Lipinski definition) is 7. The molecule has 0 aliphatic rings. The molecule has 0 unspecified atom stereocenters. The molecule has 0 saturated carbocycles. The summed E-state index contributed by atoms with van der Waals surface area (Å²) in [6.07, 6.45) is 1.82. The second kappa shape index (κ2) is 10.1. The fourth-order valence-electron chi connectivity index (χ4n) is 2.25. The molecule has 0 amide bonds. The SMILES string of the molecule is Cn1c(N)nc2ccccc21.Cn1cnc2ccccc21.N.NCO[O-]. The van der Waals surface area contributed by atoms with E-state index >= 15 is 0 Å². The largest absolute Gasteiger partial charge is 0.722 e. The molecule has 0 aliphatic heterocycles. The average Bonchev–Trinajstić information content (AvgIpc) is 3.17. The molecule has 2 aromatic heterocycles. The predicted octanol–water partition coefficient (Wildman–Crippen LogP) is 1.09. The Morgan fingerprint density at radius 1 is 1.00 bits per heavy atom. The molecule has 140 valence electrons. The zero-order valence-corrected chi connectivity index (χ0v) is 14.9. The number of anilines is 1. The Bertz CT molecular complexity index is 931. The fraction of sp³-hybridized carbons (Fsp3) is 0.176. The Hall–Kier alpha value is -2.98. The van der Waals surface area contributed by atoms with Crippen LogP contribution in [0.3, 0.4) is 0 Å². The normalized spacial score (nSPS) is 9.69. The van der Waals surface area contributed by atoms with Crippen molar-refractivity contribution in [2.24, 2.45) is 19.8 Å². The van der Waals surface area contributed by atoms with Crippen LogP contribution in [0.1, 0.15) is 0 Å². The summed E-state index contributed by atoms with van der Waals surface area (Å²) in [5.41, 5.74) is 14.4. The summed E-state index contributed by atoms with van der Waals surface area (Å²) in [7, 11) is 3.90. The second-order valence-electron chi connectivity index (χ2n) is 5.15. The maximum atomic E-state index is 8.67. The summed E-state index contributed by atoms with van der Waals surface area (Å²) in [6.45, 7) is -0.236. The smallest absolute Gasteiger partial charge is 0.200 e. The van der Waals surface area contributed by atoms with Crippen LogP contribution in [0.4, 0.5) is 5.95 Å². The summed E-state index contributed by atoms with van der Waals surface area (Å²) in [4.78, 5) is 11.4. The van der Waals surface area contributed by atoms with E-state index in [0.29, 0.717) is 5.95 Å². The van der Waals surface area contributed by atoms with Crippen LogP contribution in [0.2, 0.25) is 0 Å². The number of nitrogens with two attached hydrogens (primary N) is 2. The van der Waals surface area contributed by atoms with Gasteiger partial charge in [0.15, 0.2) is 0 Å². The average molecular weight is 358 g/mol. The van der Waals surface area contributed by atoms with Gasteiger partial charge < -0.3 is 36.9 Å². The summed E-state index contributed by atoms with van der Waals surface area (Å²) < 4.78 is 3.88. The Morgan fingerprint density at radius 2 is 1.54 bits per heavy atom. The van der Waals surface area contributed by atoms with Crippen molar-refractivity contribution in [3.05, 3.63) is 54.9 Å². The quantitative estimate of drug-likeness (QED) is 0.261. The number of para-hydroxylation sites is 4. The molecule has 4 rings (SSSR count). The van der Waals surface area contributed by atoms with E-state index in [1.807, 2.05) is 72.0 Å². The highest BCUT2D eigenvalue weighted by atomic mass is 17.1. The monoisotopic (exact) mass is 358 g/mol. The number of rotatable bonds is 1. The number of fused-ring (bicyclic) bond motifs is 2. The first-order chi connectivity index (χ1) is 12.1. The third kappa shape index (κ3) is 5.01. The molecule has 0 bridgehead atoms. The van der Waals surface area contributed by atoms with Gasteiger partial charge in [-0.05, 0) is 24.3 Å². The number of nitrogens with zero attached hydrogens (tertiary/aromatic N) is 4. The third-order valence-electron chi connectivity index (χ3n) is 3.52. The lowest BCUT2D eigenvalue weighted by Gasteiger charge is -1.95. The van der Waals surface area contributed by atoms with E-state index < -0.39 is 0 Å². The highest BCUT2D eigenvalue weighted by molar-refractivity contribution is 5.77. The summed E-state index contributed by atoms with van der Waals surface area (Å²) in [5, 5.41) is 8.67. The molecule has 9 nitrogen and oxygen atoms in total. The van der Waals surface area contributed by atoms with Gasteiger partial charge in [0.1, 0.15) is 0 Å². The maximum absolute atomic E-state index is 8.67. The molecule has 2 aromatic carbocycles. The van der Waals surface area contributed by atoms with Crippen LogP contribution < -0.4 is 22.9 Å². The highest BCUT2D eigenvalue weighted by Crippen LogP contribution is 2.14. The molecule has 9 heteroatoms. The van der Waals surface area contributed by atoms with Crippen molar-refractivity contribution in [1.29, 1.82) is 0 Å². The predicted molar refractivity (Wildman–Crippen MR) is 101 cm³/mol. The van der Waals surface area contributed by atoms with Gasteiger partial charge in [-0.2, -0.15) is 0 Å². The Kier molecular flexibility index (Phi) is 8.19. The zero-order chi connectivity index (χ0) is 18.2. The summed E-state index contributed by atoms with van der Waals surface area (Å²) in [6, 6.07) is 16.0. The van der Waals surface area contributed by atoms with E-state index in [9.17, 15) is 0 Å². The van der Waals surface area contributed by atoms with Crippen molar-refractivity contribution in [3.8, 4) is 0 Å². The number of nitrogen functional groups attached to an aromatic ring is 1. The first-order valence-electron chi connectivity index (χ1n) is 7.56. The summed E-state index contributed by atoms with van der Waals surface area (Å²) >= 11 is 0. The lowest BCUT2D eigenvalue weighted by atomic mass is 10.3. The second-order valence-corrected chi connectivity index (χ2v) is 5.15. The van der Waals surface area contributed by atoms with Gasteiger partial charge in [-0.25, -0.2) is 9.97 Å². The Morgan fingerprint density at radius 3 is 2.08 bits per heavy atom. The van der Waals surface area contributed by atoms with Crippen LogP contribution in [0.15, 0.2) is 54.9 Å². The van der Waals surface area contributed by atoms with Gasteiger partial charge in [0.05, 0.1) is 35.1 Å². The molecule has 0 spiro atoms.